The van der Waals surface area contributed by atoms with Crippen molar-refractivity contribution < 1.29 is 23.2 Å². The summed E-state index contributed by atoms with van der Waals surface area (Å²) in [4.78, 5) is 5.90. The van der Waals surface area contributed by atoms with Gasteiger partial charge in [-0.05, 0) is 53.7 Å². The summed E-state index contributed by atoms with van der Waals surface area (Å²) in [5, 5.41) is 23.4. The zero-order chi connectivity index (χ0) is 20.2. The van der Waals surface area contributed by atoms with Gasteiger partial charge in [-0.3, -0.25) is 0 Å². The highest BCUT2D eigenvalue weighted by molar-refractivity contribution is 9.11. The first-order chi connectivity index (χ1) is 12.6. The third-order valence-electron chi connectivity index (χ3n) is 3.82. The molecule has 2 rings (SSSR count). The van der Waals surface area contributed by atoms with Gasteiger partial charge in [0.25, 0.3) is 0 Å². The summed E-state index contributed by atoms with van der Waals surface area (Å²) in [7, 11) is -1.64. The molecule has 12 heteroatoms. The highest BCUT2D eigenvalue weighted by atomic mass is 79.9. The number of nitrogens with zero attached hydrogens (tertiary/aromatic N) is 2. The molecule has 0 saturated heterocycles. The van der Waals surface area contributed by atoms with E-state index in [0.717, 1.165) is 15.9 Å². The van der Waals surface area contributed by atoms with Gasteiger partial charge in [0.15, 0.2) is 5.13 Å². The van der Waals surface area contributed by atoms with Crippen LogP contribution < -0.4 is 10.0 Å². The van der Waals surface area contributed by atoms with E-state index in [1.54, 1.807) is 24.7 Å². The van der Waals surface area contributed by atoms with Crippen LogP contribution in [0.3, 0.4) is 0 Å². The van der Waals surface area contributed by atoms with Crippen molar-refractivity contribution in [2.45, 2.75) is 32.3 Å². The summed E-state index contributed by atoms with van der Waals surface area (Å²) in [6.45, 7) is 3.48. The second-order valence-electron chi connectivity index (χ2n) is 6.17. The Bertz CT molecular complexity index is 732. The van der Waals surface area contributed by atoms with E-state index in [1.165, 1.54) is 23.5 Å². The van der Waals surface area contributed by atoms with Gasteiger partial charge in [0, 0.05) is 12.6 Å². The van der Waals surface area contributed by atoms with Crippen molar-refractivity contribution >= 4 is 46.5 Å². The highest BCUT2D eigenvalue weighted by Gasteiger charge is 2.30. The standard InChI is InChI=1S/C15H19B2BrF3N3O2S/c1-16(25)23-12(7-10-3-5-11(6-4-10)15(19,20)21)9-24(17(2)26)14-22-8-13(18)27-14/h3-6,8,12,23,25-26H,7,9H2,1-2H3/t12-/m0/s1. The van der Waals surface area contributed by atoms with Crippen LogP contribution in [0.2, 0.25) is 13.6 Å². The average Bonchev–Trinajstić information content (AvgIpc) is 2.97. The van der Waals surface area contributed by atoms with Crippen LogP contribution >= 0.6 is 27.3 Å². The fourth-order valence-electron chi connectivity index (χ4n) is 2.64. The molecule has 2 aromatic rings. The van der Waals surface area contributed by atoms with Crippen molar-refractivity contribution in [3.05, 3.63) is 45.4 Å². The summed E-state index contributed by atoms with van der Waals surface area (Å²) in [6.07, 6.45) is -2.38. The van der Waals surface area contributed by atoms with E-state index in [2.05, 4.69) is 26.1 Å². The minimum Gasteiger partial charge on any atom is -0.437 e. The Morgan fingerprint density at radius 2 is 1.89 bits per heavy atom. The molecule has 0 fully saturated rings. The number of rotatable bonds is 8. The van der Waals surface area contributed by atoms with Crippen LogP contribution in [0.25, 0.3) is 0 Å². The van der Waals surface area contributed by atoms with E-state index in [1.807, 2.05) is 0 Å². The molecule has 146 valence electrons. The molecule has 27 heavy (non-hydrogen) atoms. The molecule has 5 nitrogen and oxygen atoms in total. The molecule has 0 radical (unpaired) electrons. The van der Waals surface area contributed by atoms with Crippen LogP contribution in [-0.4, -0.2) is 41.7 Å². The molecule has 1 aromatic heterocycles. The number of alkyl halides is 3. The van der Waals surface area contributed by atoms with Crippen LogP contribution in [-0.2, 0) is 12.6 Å². The van der Waals surface area contributed by atoms with Gasteiger partial charge >= 0.3 is 20.3 Å². The first-order valence-corrected chi connectivity index (χ1v) is 9.83. The van der Waals surface area contributed by atoms with Crippen molar-refractivity contribution in [1.29, 1.82) is 0 Å². The average molecular weight is 464 g/mol. The molecule has 0 unspecified atom stereocenters. The lowest BCUT2D eigenvalue weighted by Gasteiger charge is -2.29. The lowest BCUT2D eigenvalue weighted by Crippen LogP contribution is -2.51. The first kappa shape index (κ1) is 22.2. The number of halogens is 4. The van der Waals surface area contributed by atoms with Crippen molar-refractivity contribution in [2.75, 3.05) is 11.4 Å². The van der Waals surface area contributed by atoms with E-state index in [-0.39, 0.29) is 6.04 Å². The Morgan fingerprint density at radius 3 is 2.33 bits per heavy atom. The third kappa shape index (κ3) is 6.79. The molecule has 1 atom stereocenters. The van der Waals surface area contributed by atoms with Crippen LogP contribution in [0.1, 0.15) is 11.1 Å². The number of anilines is 1. The molecule has 0 amide bonds. The largest absolute Gasteiger partial charge is 0.437 e. The minimum atomic E-state index is -4.38. The van der Waals surface area contributed by atoms with Gasteiger partial charge in [0.1, 0.15) is 0 Å². The zero-order valence-electron chi connectivity index (χ0n) is 14.7. The number of nitrogens with one attached hydrogen (secondary N) is 1. The predicted octanol–water partition coefficient (Wildman–Crippen LogP) is 3.15. The van der Waals surface area contributed by atoms with E-state index in [4.69, 9.17) is 0 Å². The van der Waals surface area contributed by atoms with E-state index < -0.39 is 25.8 Å². The van der Waals surface area contributed by atoms with Crippen molar-refractivity contribution in [2.24, 2.45) is 0 Å². The van der Waals surface area contributed by atoms with E-state index >= 15 is 0 Å². The van der Waals surface area contributed by atoms with Crippen LogP contribution in [0.4, 0.5) is 18.3 Å². The van der Waals surface area contributed by atoms with Crippen LogP contribution in [0, 0.1) is 0 Å². The summed E-state index contributed by atoms with van der Waals surface area (Å²) in [5.41, 5.74) is -0.0171. The topological polar surface area (TPSA) is 68.6 Å². The molecular formula is C15H19B2BrF3N3O2S. The Kier molecular flexibility index (Phi) is 7.75. The second kappa shape index (κ2) is 9.42. The summed E-state index contributed by atoms with van der Waals surface area (Å²) < 4.78 is 39.0. The summed E-state index contributed by atoms with van der Waals surface area (Å²) >= 11 is 4.69. The summed E-state index contributed by atoms with van der Waals surface area (Å²) in [6, 6.07) is 4.61. The molecule has 0 spiro atoms. The number of hydrogen-bond donors (Lipinski definition) is 3. The van der Waals surface area contributed by atoms with Gasteiger partial charge in [-0.25, -0.2) is 4.98 Å². The monoisotopic (exact) mass is 463 g/mol. The normalized spacial score (nSPS) is 12.7. The molecular weight excluding hydrogens is 445 g/mol. The maximum atomic E-state index is 12.7. The van der Waals surface area contributed by atoms with Gasteiger partial charge in [-0.1, -0.05) is 23.5 Å². The Morgan fingerprint density at radius 1 is 1.26 bits per heavy atom. The lowest BCUT2D eigenvalue weighted by atomic mass is 9.82. The minimum absolute atomic E-state index is 0.309. The molecule has 1 heterocycles. The smallest absolute Gasteiger partial charge is 0.416 e. The SMILES string of the molecule is CB(O)N[C@@H](Cc1ccc(C(F)(F)F)cc1)CN(B(C)O)c1ncc(Br)s1. The quantitative estimate of drug-likeness (QED) is 0.525. The van der Waals surface area contributed by atoms with Gasteiger partial charge in [-0.2, -0.15) is 13.2 Å². The molecule has 0 aliphatic heterocycles. The summed E-state index contributed by atoms with van der Waals surface area (Å²) in [5.74, 6) is 0. The van der Waals surface area contributed by atoms with Gasteiger partial charge in [0.05, 0.1) is 15.5 Å². The maximum absolute atomic E-state index is 12.7. The fourth-order valence-corrected chi connectivity index (χ4v) is 3.90. The molecule has 0 bridgehead atoms. The van der Waals surface area contributed by atoms with Crippen LogP contribution in [0.5, 0.6) is 0 Å². The molecule has 0 aliphatic rings. The molecule has 1 aromatic carbocycles. The maximum Gasteiger partial charge on any atom is 0.416 e. The third-order valence-corrected chi connectivity index (χ3v) is 5.33. The molecule has 0 aliphatic carbocycles. The number of thiazole rings is 1. The van der Waals surface area contributed by atoms with Crippen LogP contribution in [0.15, 0.2) is 34.2 Å². The van der Waals surface area contributed by atoms with Crippen molar-refractivity contribution in [3.63, 3.8) is 0 Å². The number of hydrogen-bond acceptors (Lipinski definition) is 6. The van der Waals surface area contributed by atoms with E-state index in [9.17, 15) is 23.2 Å². The van der Waals surface area contributed by atoms with Gasteiger partial charge < -0.3 is 20.1 Å². The second-order valence-corrected chi connectivity index (χ2v) is 8.56. The number of aromatic nitrogens is 1. The Hall–Kier alpha value is -1.07. The first-order valence-electron chi connectivity index (χ1n) is 8.22. The predicted molar refractivity (Wildman–Crippen MR) is 107 cm³/mol. The molecule has 3 N–H and O–H groups in total. The van der Waals surface area contributed by atoms with Crippen molar-refractivity contribution in [3.8, 4) is 0 Å². The molecule has 0 saturated carbocycles. The van der Waals surface area contributed by atoms with Crippen molar-refractivity contribution in [1.82, 2.24) is 10.2 Å². The van der Waals surface area contributed by atoms with Gasteiger partial charge in [-0.15, -0.1) is 0 Å². The number of benzene rings is 1. The fraction of sp³-hybridized carbons (Fsp3) is 0.400. The Labute approximate surface area is 169 Å². The highest BCUT2D eigenvalue weighted by Crippen LogP contribution is 2.30. The Balaban J connectivity index is 2.16. The zero-order valence-corrected chi connectivity index (χ0v) is 17.1. The lowest BCUT2D eigenvalue weighted by molar-refractivity contribution is -0.137. The van der Waals surface area contributed by atoms with Gasteiger partial charge in [0.2, 0.25) is 0 Å². The van der Waals surface area contributed by atoms with E-state index in [0.29, 0.717) is 23.7 Å².